The van der Waals surface area contributed by atoms with E-state index in [1.807, 2.05) is 0 Å². The number of hydrogen-bond acceptors (Lipinski definition) is 2. The largest absolute Gasteiger partial charge is 0.339 e. The molecule has 0 bridgehead atoms. The molecule has 3 nitrogen and oxygen atoms in total. The number of halogens is 3. The van der Waals surface area contributed by atoms with E-state index < -0.39 is 23.4 Å². The fourth-order valence-corrected chi connectivity index (χ4v) is 2.24. The Morgan fingerprint density at radius 1 is 1.21 bits per heavy atom. The molecule has 0 saturated carbocycles. The molecule has 104 valence electrons. The van der Waals surface area contributed by atoms with Gasteiger partial charge in [-0.15, -0.1) is 0 Å². The smallest absolute Gasteiger partial charge is 0.254 e. The lowest BCUT2D eigenvalue weighted by Gasteiger charge is -2.31. The summed E-state index contributed by atoms with van der Waals surface area (Å²) in [5, 5.41) is 3.17. The van der Waals surface area contributed by atoms with Crippen LogP contribution in [0.4, 0.5) is 13.2 Å². The number of carbonyl (C=O) groups is 1. The first-order chi connectivity index (χ1) is 9.00. The van der Waals surface area contributed by atoms with Crippen molar-refractivity contribution in [1.82, 2.24) is 10.2 Å². The van der Waals surface area contributed by atoms with E-state index in [4.69, 9.17) is 0 Å². The van der Waals surface area contributed by atoms with Crippen molar-refractivity contribution in [2.45, 2.75) is 18.9 Å². The summed E-state index contributed by atoms with van der Waals surface area (Å²) >= 11 is 0. The lowest BCUT2D eigenvalue weighted by Crippen LogP contribution is -2.44. The monoisotopic (exact) mass is 272 g/mol. The Kier molecular flexibility index (Phi) is 4.09. The molecule has 2 rings (SSSR count). The van der Waals surface area contributed by atoms with Gasteiger partial charge in [-0.25, -0.2) is 13.2 Å². The molecule has 1 aliphatic heterocycles. The predicted molar refractivity (Wildman–Crippen MR) is 64.3 cm³/mol. The standard InChI is InChI=1S/C13H15F3N2O/c1-18(9-2-4-17-5-3-9)13(19)8-6-10(14)12(16)11(15)7-8/h6-7,9,17H,2-5H2,1H3. The van der Waals surface area contributed by atoms with Crippen molar-refractivity contribution in [2.24, 2.45) is 0 Å². The zero-order valence-corrected chi connectivity index (χ0v) is 10.5. The fraction of sp³-hybridized carbons (Fsp3) is 0.462. The van der Waals surface area contributed by atoms with Gasteiger partial charge in [-0.1, -0.05) is 0 Å². The van der Waals surface area contributed by atoms with Crippen molar-refractivity contribution in [1.29, 1.82) is 0 Å². The average Bonchev–Trinajstić information content (AvgIpc) is 2.43. The van der Waals surface area contributed by atoms with Crippen LogP contribution in [-0.2, 0) is 0 Å². The summed E-state index contributed by atoms with van der Waals surface area (Å²) in [4.78, 5) is 13.6. The first-order valence-corrected chi connectivity index (χ1v) is 6.13. The van der Waals surface area contributed by atoms with Gasteiger partial charge in [-0.2, -0.15) is 0 Å². The predicted octanol–water partition coefficient (Wildman–Crippen LogP) is 1.93. The zero-order valence-electron chi connectivity index (χ0n) is 10.5. The molecule has 6 heteroatoms. The fourth-order valence-electron chi connectivity index (χ4n) is 2.24. The first kappa shape index (κ1) is 13.9. The SMILES string of the molecule is CN(C(=O)c1cc(F)c(F)c(F)c1)C1CCNCC1. The van der Waals surface area contributed by atoms with Gasteiger partial charge < -0.3 is 10.2 Å². The van der Waals surface area contributed by atoms with E-state index in [1.54, 1.807) is 7.05 Å². The Balaban J connectivity index is 2.18. The maximum absolute atomic E-state index is 13.1. The minimum atomic E-state index is -1.55. The van der Waals surface area contributed by atoms with E-state index in [2.05, 4.69) is 5.32 Å². The number of nitrogens with one attached hydrogen (secondary N) is 1. The summed E-state index contributed by atoms with van der Waals surface area (Å²) in [7, 11) is 1.59. The highest BCUT2D eigenvalue weighted by atomic mass is 19.2. The van der Waals surface area contributed by atoms with Crippen molar-refractivity contribution in [3.05, 3.63) is 35.1 Å². The van der Waals surface area contributed by atoms with E-state index in [1.165, 1.54) is 4.90 Å². The highest BCUT2D eigenvalue weighted by Crippen LogP contribution is 2.18. The molecule has 0 atom stereocenters. The van der Waals surface area contributed by atoms with Gasteiger partial charge in [-0.3, -0.25) is 4.79 Å². The molecule has 0 unspecified atom stereocenters. The van der Waals surface area contributed by atoms with Crippen LogP contribution in [0.3, 0.4) is 0 Å². The second-order valence-corrected chi connectivity index (χ2v) is 4.65. The van der Waals surface area contributed by atoms with Crippen LogP contribution < -0.4 is 5.32 Å². The van der Waals surface area contributed by atoms with Gasteiger partial charge in [-0.05, 0) is 38.1 Å². The molecule has 1 heterocycles. The van der Waals surface area contributed by atoms with Gasteiger partial charge >= 0.3 is 0 Å². The van der Waals surface area contributed by atoms with Crippen molar-refractivity contribution >= 4 is 5.91 Å². The average molecular weight is 272 g/mol. The number of carbonyl (C=O) groups excluding carboxylic acids is 1. The van der Waals surface area contributed by atoms with Crippen LogP contribution >= 0.6 is 0 Å². The zero-order chi connectivity index (χ0) is 14.0. The Morgan fingerprint density at radius 2 is 1.74 bits per heavy atom. The van der Waals surface area contributed by atoms with Gasteiger partial charge in [0.2, 0.25) is 0 Å². The molecule has 0 radical (unpaired) electrons. The Hall–Kier alpha value is -1.56. The van der Waals surface area contributed by atoms with E-state index in [0.29, 0.717) is 0 Å². The summed E-state index contributed by atoms with van der Waals surface area (Å²) in [6.07, 6.45) is 1.57. The molecule has 0 aliphatic carbocycles. The lowest BCUT2D eigenvalue weighted by atomic mass is 10.0. The van der Waals surface area contributed by atoms with Gasteiger partial charge in [0.1, 0.15) is 0 Å². The normalized spacial score (nSPS) is 16.4. The third-order valence-corrected chi connectivity index (χ3v) is 3.41. The molecule has 1 aliphatic rings. The number of amides is 1. The number of rotatable bonds is 2. The van der Waals surface area contributed by atoms with Crippen molar-refractivity contribution in [2.75, 3.05) is 20.1 Å². The molecular weight excluding hydrogens is 257 g/mol. The van der Waals surface area contributed by atoms with Gasteiger partial charge in [0.15, 0.2) is 17.5 Å². The van der Waals surface area contributed by atoms with Gasteiger partial charge in [0.05, 0.1) is 0 Å². The molecular formula is C13H15F3N2O. The maximum Gasteiger partial charge on any atom is 0.254 e. The van der Waals surface area contributed by atoms with Crippen LogP contribution in [0.1, 0.15) is 23.2 Å². The molecule has 0 spiro atoms. The molecule has 1 N–H and O–H groups in total. The molecule has 1 aromatic carbocycles. The van der Waals surface area contributed by atoms with Crippen LogP contribution in [-0.4, -0.2) is 37.0 Å². The van der Waals surface area contributed by atoms with Crippen LogP contribution in [0.15, 0.2) is 12.1 Å². The quantitative estimate of drug-likeness (QED) is 0.834. The van der Waals surface area contributed by atoms with E-state index in [0.717, 1.165) is 38.1 Å². The molecule has 0 aromatic heterocycles. The van der Waals surface area contributed by atoms with Crippen LogP contribution in [0.5, 0.6) is 0 Å². The van der Waals surface area contributed by atoms with Gasteiger partial charge in [0, 0.05) is 18.7 Å². The first-order valence-electron chi connectivity index (χ1n) is 6.13. The number of hydrogen-bond donors (Lipinski definition) is 1. The van der Waals surface area contributed by atoms with Gasteiger partial charge in [0.25, 0.3) is 5.91 Å². The van der Waals surface area contributed by atoms with Crippen LogP contribution in [0, 0.1) is 17.5 Å². The number of piperidine rings is 1. The lowest BCUT2D eigenvalue weighted by molar-refractivity contribution is 0.0702. The van der Waals surface area contributed by atoms with Crippen molar-refractivity contribution < 1.29 is 18.0 Å². The highest BCUT2D eigenvalue weighted by Gasteiger charge is 2.24. The number of nitrogens with zero attached hydrogens (tertiary/aromatic N) is 1. The number of benzene rings is 1. The summed E-state index contributed by atoms with van der Waals surface area (Å²) in [5.41, 5.74) is -0.169. The minimum absolute atomic E-state index is 0.0323. The summed E-state index contributed by atoms with van der Waals surface area (Å²) in [5.74, 6) is -4.74. The summed E-state index contributed by atoms with van der Waals surface area (Å²) in [6.45, 7) is 1.60. The van der Waals surface area contributed by atoms with E-state index in [9.17, 15) is 18.0 Å². The Bertz CT molecular complexity index is 464. The van der Waals surface area contributed by atoms with Crippen LogP contribution in [0.2, 0.25) is 0 Å². The third-order valence-electron chi connectivity index (χ3n) is 3.41. The second kappa shape index (κ2) is 5.61. The van der Waals surface area contributed by atoms with Crippen LogP contribution in [0.25, 0.3) is 0 Å². The van der Waals surface area contributed by atoms with Crippen molar-refractivity contribution in [3.63, 3.8) is 0 Å². The Labute approximate surface area is 109 Å². The summed E-state index contributed by atoms with van der Waals surface area (Å²) in [6, 6.07) is 1.50. The third kappa shape index (κ3) is 2.89. The second-order valence-electron chi connectivity index (χ2n) is 4.65. The molecule has 1 amide bonds. The topological polar surface area (TPSA) is 32.3 Å². The molecule has 1 aromatic rings. The minimum Gasteiger partial charge on any atom is -0.339 e. The van der Waals surface area contributed by atoms with Crippen molar-refractivity contribution in [3.8, 4) is 0 Å². The molecule has 19 heavy (non-hydrogen) atoms. The molecule has 1 fully saturated rings. The molecule has 1 saturated heterocycles. The Morgan fingerprint density at radius 3 is 2.26 bits per heavy atom. The van der Waals surface area contributed by atoms with E-state index >= 15 is 0 Å². The highest BCUT2D eigenvalue weighted by molar-refractivity contribution is 5.94. The van der Waals surface area contributed by atoms with E-state index in [-0.39, 0.29) is 11.6 Å². The summed E-state index contributed by atoms with van der Waals surface area (Å²) < 4.78 is 39.1. The maximum atomic E-state index is 13.1.